The van der Waals surface area contributed by atoms with Gasteiger partial charge < -0.3 is 0 Å². The molecule has 13 rings (SSSR count). The van der Waals surface area contributed by atoms with Gasteiger partial charge in [-0.05, 0) is 136 Å². The summed E-state index contributed by atoms with van der Waals surface area (Å²) in [6.45, 7) is 4.76. The fourth-order valence-corrected chi connectivity index (χ4v) is 10.8. The van der Waals surface area contributed by atoms with Crippen LogP contribution >= 0.6 is 0 Å². The van der Waals surface area contributed by atoms with Gasteiger partial charge in [-0.2, -0.15) is 0 Å². The van der Waals surface area contributed by atoms with Gasteiger partial charge in [0.15, 0.2) is 0 Å². The van der Waals surface area contributed by atoms with Crippen LogP contribution in [-0.4, -0.2) is 22.4 Å². The molecule has 0 fully saturated rings. The van der Waals surface area contributed by atoms with Crippen molar-refractivity contribution in [1.29, 1.82) is 0 Å². The van der Waals surface area contributed by atoms with E-state index in [2.05, 4.69) is 184 Å². The summed E-state index contributed by atoms with van der Waals surface area (Å²) in [5.41, 5.74) is 21.7. The lowest BCUT2D eigenvalue weighted by atomic mass is 9.78. The highest BCUT2D eigenvalue weighted by atomic mass is 14.9. The van der Waals surface area contributed by atoms with Crippen LogP contribution in [0.1, 0.15) is 48.2 Å². The van der Waals surface area contributed by atoms with Crippen LogP contribution in [0.3, 0.4) is 0 Å². The first kappa shape index (κ1) is 35.9. The average molecular weight is 805 g/mol. The molecule has 4 nitrogen and oxygen atoms in total. The third-order valence-corrected chi connectivity index (χ3v) is 14.0. The monoisotopic (exact) mass is 804 g/mol. The van der Waals surface area contributed by atoms with E-state index in [0.717, 1.165) is 21.8 Å². The third-order valence-electron chi connectivity index (χ3n) is 14.0. The number of fused-ring (bicyclic) bond motifs is 15. The predicted molar refractivity (Wildman–Crippen MR) is 262 cm³/mol. The largest absolute Gasteiger partial charge is 0.281 e. The highest BCUT2D eigenvalue weighted by molar-refractivity contribution is 6.23. The maximum absolute atomic E-state index is 4.88. The van der Waals surface area contributed by atoms with E-state index in [1.54, 1.807) is 12.4 Å². The standard InChI is InChI=1S/C59H40N4/c1-59(2)53-33-41(37-11-7-9-35(29-37)39-19-23-49-51(31-39)43-13-3-5-15-47(43)55-57(49)62-27-25-60-55)17-21-45(53)46-22-18-42(34-54(46)59)38-12-8-10-36(30-38)40-20-24-50-52(32-40)44-14-4-6-16-48(44)56-58(50)63-28-26-61-56/h3-34,55,57H,1-2H3. The molecule has 1 aliphatic heterocycles. The molecule has 2 unspecified atom stereocenters. The van der Waals surface area contributed by atoms with E-state index in [1.807, 2.05) is 12.4 Å². The van der Waals surface area contributed by atoms with Gasteiger partial charge in [-0.15, -0.1) is 0 Å². The van der Waals surface area contributed by atoms with Gasteiger partial charge in [0.2, 0.25) is 0 Å². The van der Waals surface area contributed by atoms with Gasteiger partial charge in [-0.3, -0.25) is 20.0 Å². The highest BCUT2D eigenvalue weighted by Crippen LogP contribution is 2.52. The summed E-state index contributed by atoms with van der Waals surface area (Å²) in [5.74, 6) is 0. The molecule has 2 atom stereocenters. The molecule has 63 heavy (non-hydrogen) atoms. The lowest BCUT2D eigenvalue weighted by molar-refractivity contribution is 0.572. The molecule has 1 aromatic heterocycles. The fraction of sp³-hybridized carbons (Fsp3) is 0.0847. The summed E-state index contributed by atoms with van der Waals surface area (Å²) in [6, 6.07) is 63.0. The second kappa shape index (κ2) is 13.6. The van der Waals surface area contributed by atoms with Crippen LogP contribution in [0.4, 0.5) is 0 Å². The van der Waals surface area contributed by atoms with Crippen molar-refractivity contribution < 1.29 is 0 Å². The van der Waals surface area contributed by atoms with Crippen molar-refractivity contribution in [1.82, 2.24) is 9.97 Å². The fourth-order valence-electron chi connectivity index (χ4n) is 10.8. The third kappa shape index (κ3) is 5.47. The van der Waals surface area contributed by atoms with Crippen LogP contribution < -0.4 is 0 Å². The van der Waals surface area contributed by atoms with E-state index < -0.39 is 0 Å². The predicted octanol–water partition coefficient (Wildman–Crippen LogP) is 14.8. The Hall–Kier alpha value is -7.82. The van der Waals surface area contributed by atoms with Crippen LogP contribution in [-0.2, 0) is 5.41 Å². The average Bonchev–Trinajstić information content (AvgIpc) is 3.58. The smallest absolute Gasteiger partial charge is 0.102 e. The summed E-state index contributed by atoms with van der Waals surface area (Å²) in [5, 5.41) is 4.64. The van der Waals surface area contributed by atoms with E-state index in [0.29, 0.717) is 0 Å². The quantitative estimate of drug-likeness (QED) is 0.166. The Balaban J connectivity index is 0.827. The van der Waals surface area contributed by atoms with E-state index in [-0.39, 0.29) is 17.5 Å². The Labute approximate surface area is 366 Å². The maximum atomic E-state index is 4.88. The first-order valence-electron chi connectivity index (χ1n) is 21.8. The van der Waals surface area contributed by atoms with E-state index in [1.165, 1.54) is 99.8 Å². The van der Waals surface area contributed by atoms with Gasteiger partial charge in [0.1, 0.15) is 12.1 Å². The minimum atomic E-state index is -0.174. The molecule has 0 saturated heterocycles. The van der Waals surface area contributed by atoms with Crippen LogP contribution in [0.15, 0.2) is 192 Å². The number of benzene rings is 9. The molecule has 0 N–H and O–H groups in total. The zero-order valence-corrected chi connectivity index (χ0v) is 34.9. The molecule has 2 aliphatic carbocycles. The summed E-state index contributed by atoms with van der Waals surface area (Å²) >= 11 is 0. The maximum Gasteiger partial charge on any atom is 0.102 e. The van der Waals surface area contributed by atoms with Gasteiger partial charge in [0, 0.05) is 41.0 Å². The molecule has 9 aromatic carbocycles. The number of hydrogen-bond donors (Lipinski definition) is 0. The Bertz CT molecular complexity index is 3600. The Morgan fingerprint density at radius 2 is 0.825 bits per heavy atom. The topological polar surface area (TPSA) is 50.5 Å². The van der Waals surface area contributed by atoms with Gasteiger partial charge in [-0.25, -0.2) is 0 Å². The lowest BCUT2D eigenvalue weighted by Crippen LogP contribution is -2.18. The van der Waals surface area contributed by atoms with Crippen molar-refractivity contribution in [3.8, 4) is 66.8 Å². The van der Waals surface area contributed by atoms with Crippen LogP contribution in [0.2, 0.25) is 0 Å². The molecule has 4 heteroatoms. The van der Waals surface area contributed by atoms with E-state index >= 15 is 0 Å². The number of aromatic nitrogens is 2. The number of rotatable bonds is 4. The van der Waals surface area contributed by atoms with Crippen LogP contribution in [0.25, 0.3) is 99.3 Å². The first-order valence-corrected chi connectivity index (χ1v) is 21.8. The van der Waals surface area contributed by atoms with Crippen molar-refractivity contribution in [2.75, 3.05) is 0 Å². The van der Waals surface area contributed by atoms with Crippen molar-refractivity contribution in [2.24, 2.45) is 9.98 Å². The number of hydrogen-bond acceptors (Lipinski definition) is 4. The Morgan fingerprint density at radius 1 is 0.349 bits per heavy atom. The Morgan fingerprint density at radius 3 is 1.46 bits per heavy atom. The molecule has 0 spiro atoms. The second-order valence-electron chi connectivity index (χ2n) is 17.7. The highest BCUT2D eigenvalue weighted by Gasteiger charge is 2.36. The molecule has 2 heterocycles. The van der Waals surface area contributed by atoms with Crippen molar-refractivity contribution in [2.45, 2.75) is 31.3 Å². The Kier molecular flexibility index (Phi) is 7.74. The van der Waals surface area contributed by atoms with Gasteiger partial charge >= 0.3 is 0 Å². The first-order chi connectivity index (χ1) is 31.0. The summed E-state index contributed by atoms with van der Waals surface area (Å²) in [6.07, 6.45) is 7.25. The van der Waals surface area contributed by atoms with Gasteiger partial charge in [0.05, 0.1) is 11.0 Å². The minimum absolute atomic E-state index is 0.00954. The van der Waals surface area contributed by atoms with Crippen LogP contribution in [0.5, 0.6) is 0 Å². The number of nitrogens with zero attached hydrogens (tertiary/aromatic N) is 4. The summed E-state index contributed by atoms with van der Waals surface area (Å²) in [4.78, 5) is 19.2. The molecule has 0 radical (unpaired) electrons. The molecule has 3 aliphatic rings. The number of aliphatic imine (C=N–C) groups is 2. The normalized spacial score (nSPS) is 16.4. The zero-order chi connectivity index (χ0) is 41.8. The molecule has 0 saturated carbocycles. The lowest BCUT2D eigenvalue weighted by Gasteiger charge is -2.32. The summed E-state index contributed by atoms with van der Waals surface area (Å²) < 4.78 is 0. The molecular formula is C59H40N4. The van der Waals surface area contributed by atoms with E-state index in [4.69, 9.17) is 20.0 Å². The van der Waals surface area contributed by atoms with Crippen molar-refractivity contribution in [3.05, 3.63) is 205 Å². The zero-order valence-electron chi connectivity index (χ0n) is 34.9. The SMILES string of the molecule is CC1(C)c2cc(-c3cccc(-c4ccc5c(c4)-c4ccccc4C4N=CC=NC54)c3)ccc2-c2ccc(-c3cccc(-c4ccc5c(c4)c4ccccc4c4nccnc54)c3)cc21. The van der Waals surface area contributed by atoms with E-state index in [9.17, 15) is 0 Å². The minimum Gasteiger partial charge on any atom is -0.281 e. The molecule has 296 valence electrons. The summed E-state index contributed by atoms with van der Waals surface area (Å²) in [7, 11) is 0. The molecular weight excluding hydrogens is 765 g/mol. The molecule has 0 amide bonds. The molecule has 10 aromatic rings. The van der Waals surface area contributed by atoms with Gasteiger partial charge in [0.25, 0.3) is 0 Å². The molecule has 0 bridgehead atoms. The van der Waals surface area contributed by atoms with Crippen molar-refractivity contribution >= 4 is 45.0 Å². The van der Waals surface area contributed by atoms with Gasteiger partial charge in [-0.1, -0.05) is 147 Å². The van der Waals surface area contributed by atoms with Crippen LogP contribution in [0, 0.1) is 0 Å². The second-order valence-corrected chi connectivity index (χ2v) is 17.7. The van der Waals surface area contributed by atoms with Crippen molar-refractivity contribution in [3.63, 3.8) is 0 Å².